The molecule has 13 heteroatoms. The first-order valence-electron chi connectivity index (χ1n) is 15.7. The number of nitrogens with zero attached hydrogens (tertiary/aromatic N) is 5. The van der Waals surface area contributed by atoms with E-state index in [0.29, 0.717) is 54.1 Å². The minimum absolute atomic E-state index is 0.0472. The fourth-order valence-corrected chi connectivity index (χ4v) is 6.08. The highest BCUT2D eigenvalue weighted by Crippen LogP contribution is 2.35. The molecule has 1 fully saturated rings. The Bertz CT molecular complexity index is 1930. The van der Waals surface area contributed by atoms with Crippen molar-refractivity contribution in [3.8, 4) is 23.2 Å². The predicted molar refractivity (Wildman–Crippen MR) is 176 cm³/mol. The van der Waals surface area contributed by atoms with Crippen LogP contribution in [0.1, 0.15) is 55.6 Å². The third-order valence-corrected chi connectivity index (χ3v) is 8.75. The van der Waals surface area contributed by atoms with Gasteiger partial charge in [-0.1, -0.05) is 30.9 Å². The van der Waals surface area contributed by atoms with Crippen LogP contribution in [0.2, 0.25) is 0 Å². The van der Waals surface area contributed by atoms with Crippen molar-refractivity contribution in [2.45, 2.75) is 26.1 Å². The van der Waals surface area contributed by atoms with E-state index >= 15 is 0 Å². The summed E-state index contributed by atoms with van der Waals surface area (Å²) in [6, 6.07) is 12.2. The maximum absolute atomic E-state index is 14.1. The maximum atomic E-state index is 14.1. The standard InChI is InChI=1S/C35H35F3N8O2/c1-3-45-13-15-46(16-14-45)21-25-9-10-26(18-28(25)35(36,37)38)42-32(47)23-6-4-5-22(17-23)7-8-24-20-41-34(39)43-31(24)30-19-27-29(44(30)2)11-12-40-33(27)48/h4-6,9-10,17-20H,3,11-16,21H2,1-2H3,(H,40,48)(H,42,47)(H2,39,41,43). The summed E-state index contributed by atoms with van der Waals surface area (Å²) in [6.45, 7) is 6.74. The summed E-state index contributed by atoms with van der Waals surface area (Å²) in [5.74, 6) is 5.40. The molecular weight excluding hydrogens is 621 g/mol. The summed E-state index contributed by atoms with van der Waals surface area (Å²) in [7, 11) is 1.85. The molecule has 2 aromatic heterocycles. The van der Waals surface area contributed by atoms with E-state index in [1.807, 2.05) is 16.5 Å². The van der Waals surface area contributed by atoms with Crippen LogP contribution in [0, 0.1) is 11.8 Å². The van der Waals surface area contributed by atoms with Crippen molar-refractivity contribution in [2.24, 2.45) is 7.05 Å². The van der Waals surface area contributed by atoms with Gasteiger partial charge in [-0.3, -0.25) is 14.5 Å². The van der Waals surface area contributed by atoms with Gasteiger partial charge >= 0.3 is 6.18 Å². The summed E-state index contributed by atoms with van der Waals surface area (Å²) in [5, 5.41) is 5.45. The van der Waals surface area contributed by atoms with Gasteiger partial charge in [0, 0.05) is 81.4 Å². The van der Waals surface area contributed by atoms with Gasteiger partial charge in [-0.2, -0.15) is 13.2 Å². The van der Waals surface area contributed by atoms with Crippen LogP contribution in [0.15, 0.2) is 54.7 Å². The first-order chi connectivity index (χ1) is 23.0. The lowest BCUT2D eigenvalue weighted by Crippen LogP contribution is -2.45. The molecule has 1 saturated heterocycles. The van der Waals surface area contributed by atoms with E-state index in [4.69, 9.17) is 5.73 Å². The molecule has 6 rings (SSSR count). The second kappa shape index (κ2) is 13.5. The molecule has 4 aromatic rings. The third kappa shape index (κ3) is 7.05. The van der Waals surface area contributed by atoms with E-state index in [2.05, 4.69) is 44.3 Å². The lowest BCUT2D eigenvalue weighted by atomic mass is 10.0. The molecule has 0 aliphatic carbocycles. The maximum Gasteiger partial charge on any atom is 0.416 e. The molecule has 2 amide bonds. The molecule has 2 aliphatic rings. The molecule has 2 aliphatic heterocycles. The number of aromatic nitrogens is 3. The molecule has 248 valence electrons. The molecule has 48 heavy (non-hydrogen) atoms. The molecule has 0 unspecified atom stereocenters. The van der Waals surface area contributed by atoms with Crippen LogP contribution in [-0.4, -0.2) is 75.4 Å². The number of amides is 2. The second-order valence-corrected chi connectivity index (χ2v) is 11.8. The summed E-state index contributed by atoms with van der Waals surface area (Å²) in [4.78, 5) is 38.4. The number of anilines is 2. The minimum atomic E-state index is -4.58. The molecule has 0 saturated carbocycles. The Kier molecular flexibility index (Phi) is 9.21. The number of fused-ring (bicyclic) bond motifs is 1. The number of nitrogens with two attached hydrogens (primary N) is 1. The van der Waals surface area contributed by atoms with Gasteiger partial charge in [0.05, 0.1) is 22.4 Å². The van der Waals surface area contributed by atoms with Crippen LogP contribution in [0.3, 0.4) is 0 Å². The summed E-state index contributed by atoms with van der Waals surface area (Å²) in [5.41, 5.74) is 9.11. The monoisotopic (exact) mass is 656 g/mol. The lowest BCUT2D eigenvalue weighted by molar-refractivity contribution is -0.138. The fraction of sp³-hybridized carbons (Fsp3) is 0.314. The van der Waals surface area contributed by atoms with Crippen LogP contribution in [0.4, 0.5) is 24.8 Å². The van der Waals surface area contributed by atoms with Crippen LogP contribution in [-0.2, 0) is 26.2 Å². The zero-order valence-electron chi connectivity index (χ0n) is 26.6. The first kappa shape index (κ1) is 32.7. The number of carbonyl (C=O) groups excluding carboxylic acids is 2. The van der Waals surface area contributed by atoms with Crippen molar-refractivity contribution in [2.75, 3.05) is 50.3 Å². The van der Waals surface area contributed by atoms with Gasteiger partial charge in [-0.25, -0.2) is 9.97 Å². The van der Waals surface area contributed by atoms with Gasteiger partial charge in [0.25, 0.3) is 11.8 Å². The Morgan fingerprint density at radius 3 is 2.56 bits per heavy atom. The molecule has 4 N–H and O–H groups in total. The third-order valence-electron chi connectivity index (χ3n) is 8.75. The number of rotatable bonds is 6. The number of alkyl halides is 3. The number of piperazine rings is 1. The van der Waals surface area contributed by atoms with Crippen LogP contribution >= 0.6 is 0 Å². The van der Waals surface area contributed by atoms with E-state index in [0.717, 1.165) is 31.4 Å². The van der Waals surface area contributed by atoms with E-state index < -0.39 is 17.6 Å². The van der Waals surface area contributed by atoms with E-state index in [9.17, 15) is 22.8 Å². The summed E-state index contributed by atoms with van der Waals surface area (Å²) >= 11 is 0. The van der Waals surface area contributed by atoms with Crippen LogP contribution in [0.25, 0.3) is 11.4 Å². The molecule has 0 spiro atoms. The lowest BCUT2D eigenvalue weighted by Gasteiger charge is -2.34. The number of hydrogen-bond donors (Lipinski definition) is 3. The van der Waals surface area contributed by atoms with E-state index in [-0.39, 0.29) is 35.2 Å². The van der Waals surface area contributed by atoms with Gasteiger partial charge < -0.3 is 25.8 Å². The smallest absolute Gasteiger partial charge is 0.368 e. The van der Waals surface area contributed by atoms with Crippen LogP contribution < -0.4 is 16.4 Å². The number of halogens is 3. The van der Waals surface area contributed by atoms with Crippen LogP contribution in [0.5, 0.6) is 0 Å². The highest BCUT2D eigenvalue weighted by Gasteiger charge is 2.34. The highest BCUT2D eigenvalue weighted by molar-refractivity contribution is 6.04. The van der Waals surface area contributed by atoms with E-state index in [1.54, 1.807) is 30.3 Å². The van der Waals surface area contributed by atoms with Crippen molar-refractivity contribution >= 4 is 23.5 Å². The van der Waals surface area contributed by atoms with Gasteiger partial charge in [0.15, 0.2) is 0 Å². The molecule has 0 atom stereocenters. The van der Waals surface area contributed by atoms with Crippen molar-refractivity contribution in [1.82, 2.24) is 29.7 Å². The molecule has 0 bridgehead atoms. The average Bonchev–Trinajstić information content (AvgIpc) is 3.42. The Labute approximate surface area is 276 Å². The zero-order valence-corrected chi connectivity index (χ0v) is 26.6. The van der Waals surface area contributed by atoms with Crippen molar-refractivity contribution in [3.63, 3.8) is 0 Å². The molecular formula is C35H35F3N8O2. The van der Waals surface area contributed by atoms with Crippen molar-refractivity contribution in [1.29, 1.82) is 0 Å². The second-order valence-electron chi connectivity index (χ2n) is 11.8. The van der Waals surface area contributed by atoms with Crippen molar-refractivity contribution in [3.05, 3.63) is 93.8 Å². The quantitative estimate of drug-likeness (QED) is 0.267. The highest BCUT2D eigenvalue weighted by atomic mass is 19.4. The number of nitrogen functional groups attached to an aromatic ring is 1. The Morgan fingerprint density at radius 2 is 1.83 bits per heavy atom. The number of hydrogen-bond acceptors (Lipinski definition) is 7. The number of likely N-dealkylation sites (N-methyl/N-ethyl adjacent to an activating group) is 1. The van der Waals surface area contributed by atoms with Crippen molar-refractivity contribution < 1.29 is 22.8 Å². The zero-order chi connectivity index (χ0) is 34.0. The summed E-state index contributed by atoms with van der Waals surface area (Å²) in [6.07, 6.45) is -2.40. The number of carbonyl (C=O) groups is 2. The Hall–Kier alpha value is -5.19. The SMILES string of the molecule is CCN1CCN(Cc2ccc(NC(=O)c3cccc(C#Cc4cnc(N)nc4-c4cc5c(n4C)CCNC5=O)c3)cc2C(F)(F)F)CC1. The number of benzene rings is 2. The van der Waals surface area contributed by atoms with Gasteiger partial charge in [-0.15, -0.1) is 0 Å². The van der Waals surface area contributed by atoms with Gasteiger partial charge in [0.1, 0.15) is 5.69 Å². The fourth-order valence-electron chi connectivity index (χ4n) is 6.08. The molecule has 2 aromatic carbocycles. The topological polar surface area (TPSA) is 121 Å². The average molecular weight is 657 g/mol. The molecule has 4 heterocycles. The largest absolute Gasteiger partial charge is 0.416 e. The Balaban J connectivity index is 1.21. The molecule has 0 radical (unpaired) electrons. The van der Waals surface area contributed by atoms with Gasteiger partial charge in [0.2, 0.25) is 5.95 Å². The van der Waals surface area contributed by atoms with E-state index in [1.165, 1.54) is 18.3 Å². The Morgan fingerprint density at radius 1 is 1.06 bits per heavy atom. The van der Waals surface area contributed by atoms with Gasteiger partial charge in [-0.05, 0) is 48.5 Å². The summed E-state index contributed by atoms with van der Waals surface area (Å²) < 4.78 is 44.2. The predicted octanol–water partition coefficient (Wildman–Crippen LogP) is 4.16. The normalized spacial score (nSPS) is 15.3. The molecule has 10 nitrogen and oxygen atoms in total. The minimum Gasteiger partial charge on any atom is -0.368 e. The number of nitrogens with one attached hydrogen (secondary N) is 2. The first-order valence-corrected chi connectivity index (χ1v) is 15.7.